The Bertz CT molecular complexity index is 416. The first-order valence-electron chi connectivity index (χ1n) is 7.12. The number of ether oxygens (including phenoxy) is 1. The van der Waals surface area contributed by atoms with Crippen molar-refractivity contribution in [2.45, 2.75) is 31.7 Å². The van der Waals surface area contributed by atoms with Gasteiger partial charge in [0, 0.05) is 19.0 Å². The SMILES string of the molecule is O=C(CCCOc1ccc(F)cc1)NC1CCCNC1. The maximum atomic E-state index is 12.7. The first-order chi connectivity index (χ1) is 9.74. The molecule has 2 N–H and O–H groups in total. The molecule has 1 fully saturated rings. The zero-order chi connectivity index (χ0) is 14.2. The zero-order valence-corrected chi connectivity index (χ0v) is 11.5. The molecule has 4 nitrogen and oxygen atoms in total. The molecule has 1 aromatic rings. The minimum atomic E-state index is -0.280. The summed E-state index contributed by atoms with van der Waals surface area (Å²) in [5.41, 5.74) is 0. The van der Waals surface area contributed by atoms with Crippen molar-refractivity contribution in [3.63, 3.8) is 0 Å². The van der Waals surface area contributed by atoms with E-state index in [4.69, 9.17) is 4.74 Å². The highest BCUT2D eigenvalue weighted by Gasteiger charge is 2.14. The number of piperidine rings is 1. The average molecular weight is 280 g/mol. The molecule has 0 aromatic heterocycles. The summed E-state index contributed by atoms with van der Waals surface area (Å²) in [5.74, 6) is 0.419. The predicted octanol–water partition coefficient (Wildman–Crippen LogP) is 1.85. The molecule has 1 atom stereocenters. The maximum absolute atomic E-state index is 12.7. The fourth-order valence-electron chi connectivity index (χ4n) is 2.23. The highest BCUT2D eigenvalue weighted by atomic mass is 19.1. The highest BCUT2D eigenvalue weighted by Crippen LogP contribution is 2.11. The Morgan fingerprint density at radius 1 is 1.40 bits per heavy atom. The predicted molar refractivity (Wildman–Crippen MR) is 75.2 cm³/mol. The van der Waals surface area contributed by atoms with Gasteiger partial charge in [0.05, 0.1) is 6.61 Å². The van der Waals surface area contributed by atoms with Crippen LogP contribution in [-0.2, 0) is 4.79 Å². The van der Waals surface area contributed by atoms with Crippen LogP contribution < -0.4 is 15.4 Å². The lowest BCUT2D eigenvalue weighted by Gasteiger charge is -2.23. The summed E-state index contributed by atoms with van der Waals surface area (Å²) in [4.78, 5) is 11.7. The number of nitrogens with one attached hydrogen (secondary N) is 2. The Hall–Kier alpha value is -1.62. The first kappa shape index (κ1) is 14.8. The summed E-state index contributed by atoms with van der Waals surface area (Å²) in [6.45, 7) is 2.36. The van der Waals surface area contributed by atoms with E-state index < -0.39 is 0 Å². The third kappa shape index (κ3) is 5.17. The molecule has 1 unspecified atom stereocenters. The summed E-state index contributed by atoms with van der Waals surface area (Å²) in [7, 11) is 0. The summed E-state index contributed by atoms with van der Waals surface area (Å²) in [6, 6.07) is 6.15. The molecule has 0 radical (unpaired) electrons. The number of halogens is 1. The standard InChI is InChI=1S/C15H21FN2O2/c16-12-5-7-14(8-6-12)20-10-2-4-15(19)18-13-3-1-9-17-11-13/h5-8,13,17H,1-4,9-11H2,(H,18,19). The lowest BCUT2D eigenvalue weighted by molar-refractivity contribution is -0.122. The molecular formula is C15H21FN2O2. The summed E-state index contributed by atoms with van der Waals surface area (Å²) in [6.07, 6.45) is 3.27. The molecule has 0 spiro atoms. The highest BCUT2D eigenvalue weighted by molar-refractivity contribution is 5.76. The largest absolute Gasteiger partial charge is 0.494 e. The van der Waals surface area contributed by atoms with Gasteiger partial charge in [0.25, 0.3) is 0 Å². The van der Waals surface area contributed by atoms with Crippen LogP contribution in [0.25, 0.3) is 0 Å². The molecule has 0 aliphatic carbocycles. The monoisotopic (exact) mass is 280 g/mol. The van der Waals surface area contributed by atoms with Crippen LogP contribution in [0.4, 0.5) is 4.39 Å². The molecule has 0 bridgehead atoms. The molecule has 1 saturated heterocycles. The molecule has 20 heavy (non-hydrogen) atoms. The first-order valence-corrected chi connectivity index (χ1v) is 7.12. The number of hydrogen-bond acceptors (Lipinski definition) is 3. The van der Waals surface area contributed by atoms with Crippen LogP contribution in [0.1, 0.15) is 25.7 Å². The molecule has 1 aromatic carbocycles. The number of rotatable bonds is 6. The lowest BCUT2D eigenvalue weighted by Crippen LogP contribution is -2.45. The van der Waals surface area contributed by atoms with Crippen LogP contribution in [0.3, 0.4) is 0 Å². The maximum Gasteiger partial charge on any atom is 0.220 e. The molecule has 1 amide bonds. The quantitative estimate of drug-likeness (QED) is 0.782. The van der Waals surface area contributed by atoms with E-state index in [9.17, 15) is 9.18 Å². The summed E-state index contributed by atoms with van der Waals surface area (Å²) >= 11 is 0. The summed E-state index contributed by atoms with van der Waals surface area (Å²) in [5, 5.41) is 6.28. The van der Waals surface area contributed by atoms with E-state index in [1.54, 1.807) is 12.1 Å². The Balaban J connectivity index is 1.58. The molecule has 0 saturated carbocycles. The van der Waals surface area contributed by atoms with Gasteiger partial charge in [0.15, 0.2) is 0 Å². The van der Waals surface area contributed by atoms with Gasteiger partial charge in [0.1, 0.15) is 11.6 Å². The van der Waals surface area contributed by atoms with Gasteiger partial charge < -0.3 is 15.4 Å². The molecule has 110 valence electrons. The van der Waals surface area contributed by atoms with Crippen molar-refractivity contribution in [2.75, 3.05) is 19.7 Å². The number of amides is 1. The smallest absolute Gasteiger partial charge is 0.220 e. The molecule has 2 rings (SSSR count). The van der Waals surface area contributed by atoms with Crippen molar-refractivity contribution in [2.24, 2.45) is 0 Å². The van der Waals surface area contributed by atoms with E-state index >= 15 is 0 Å². The molecular weight excluding hydrogens is 259 g/mol. The zero-order valence-electron chi connectivity index (χ0n) is 11.5. The van der Waals surface area contributed by atoms with Crippen molar-refractivity contribution >= 4 is 5.91 Å². The Labute approximate surface area is 118 Å². The summed E-state index contributed by atoms with van der Waals surface area (Å²) < 4.78 is 18.1. The van der Waals surface area contributed by atoms with Gasteiger partial charge in [-0.15, -0.1) is 0 Å². The van der Waals surface area contributed by atoms with Gasteiger partial charge in [-0.2, -0.15) is 0 Å². The van der Waals surface area contributed by atoms with Gasteiger partial charge in [-0.1, -0.05) is 0 Å². The average Bonchev–Trinajstić information content (AvgIpc) is 2.46. The van der Waals surface area contributed by atoms with Crippen molar-refractivity contribution < 1.29 is 13.9 Å². The second-order valence-corrected chi connectivity index (χ2v) is 5.02. The van der Waals surface area contributed by atoms with Crippen molar-refractivity contribution in [1.82, 2.24) is 10.6 Å². The third-order valence-electron chi connectivity index (χ3n) is 3.29. The minimum Gasteiger partial charge on any atom is -0.494 e. The molecule has 1 aliphatic rings. The Morgan fingerprint density at radius 3 is 2.90 bits per heavy atom. The fraction of sp³-hybridized carbons (Fsp3) is 0.533. The van der Waals surface area contributed by atoms with Crippen LogP contribution in [-0.4, -0.2) is 31.6 Å². The second kappa shape index (κ2) is 7.85. The van der Waals surface area contributed by atoms with Crippen molar-refractivity contribution in [1.29, 1.82) is 0 Å². The van der Waals surface area contributed by atoms with Crippen LogP contribution in [0.15, 0.2) is 24.3 Å². The number of benzene rings is 1. The van der Waals surface area contributed by atoms with Gasteiger partial charge in [-0.25, -0.2) is 4.39 Å². The van der Waals surface area contributed by atoms with Gasteiger partial charge >= 0.3 is 0 Å². The van der Waals surface area contributed by atoms with Crippen LogP contribution in [0, 0.1) is 5.82 Å². The fourth-order valence-corrected chi connectivity index (χ4v) is 2.23. The van der Waals surface area contributed by atoms with E-state index in [1.165, 1.54) is 12.1 Å². The minimum absolute atomic E-state index is 0.0707. The second-order valence-electron chi connectivity index (χ2n) is 5.02. The van der Waals surface area contributed by atoms with E-state index in [2.05, 4.69) is 10.6 Å². The van der Waals surface area contributed by atoms with Crippen molar-refractivity contribution in [3.05, 3.63) is 30.1 Å². The van der Waals surface area contributed by atoms with Gasteiger partial charge in [-0.05, 0) is 50.1 Å². The van der Waals surface area contributed by atoms with Crippen LogP contribution in [0.2, 0.25) is 0 Å². The van der Waals surface area contributed by atoms with E-state index in [-0.39, 0.29) is 17.8 Å². The van der Waals surface area contributed by atoms with Gasteiger partial charge in [0.2, 0.25) is 5.91 Å². The topological polar surface area (TPSA) is 50.4 Å². The van der Waals surface area contributed by atoms with Gasteiger partial charge in [-0.3, -0.25) is 4.79 Å². The Morgan fingerprint density at radius 2 is 2.20 bits per heavy atom. The normalized spacial score (nSPS) is 18.6. The van der Waals surface area contributed by atoms with E-state index in [0.29, 0.717) is 25.2 Å². The molecule has 5 heteroatoms. The van der Waals surface area contributed by atoms with Crippen molar-refractivity contribution in [3.8, 4) is 5.75 Å². The van der Waals surface area contributed by atoms with E-state index in [0.717, 1.165) is 25.9 Å². The molecule has 1 aliphatic heterocycles. The van der Waals surface area contributed by atoms with Crippen LogP contribution in [0.5, 0.6) is 5.75 Å². The number of carbonyl (C=O) groups excluding carboxylic acids is 1. The molecule has 1 heterocycles. The third-order valence-corrected chi connectivity index (χ3v) is 3.29. The lowest BCUT2D eigenvalue weighted by atomic mass is 10.1. The Kier molecular flexibility index (Phi) is 5.80. The van der Waals surface area contributed by atoms with Crippen LogP contribution >= 0.6 is 0 Å². The number of hydrogen-bond donors (Lipinski definition) is 2. The number of carbonyl (C=O) groups is 1. The van der Waals surface area contributed by atoms with E-state index in [1.807, 2.05) is 0 Å².